The number of piperidine rings is 1. The molecule has 0 unspecified atom stereocenters. The fourth-order valence-electron chi connectivity index (χ4n) is 6.67. The molecular formula is C32H48N4O6. The highest BCUT2D eigenvalue weighted by Crippen LogP contribution is 2.40. The van der Waals surface area contributed by atoms with Gasteiger partial charge in [0.1, 0.15) is 11.9 Å². The van der Waals surface area contributed by atoms with Gasteiger partial charge in [0.25, 0.3) is 0 Å². The number of fused-ring (bicyclic) bond motifs is 1. The van der Waals surface area contributed by atoms with Crippen LogP contribution in [0.3, 0.4) is 0 Å². The van der Waals surface area contributed by atoms with E-state index in [1.165, 1.54) is 0 Å². The Morgan fingerprint density at radius 2 is 1.67 bits per heavy atom. The number of methoxy groups -OCH3 is 2. The van der Waals surface area contributed by atoms with Crippen molar-refractivity contribution >= 4 is 24.0 Å². The molecule has 2 aliphatic heterocycles. The van der Waals surface area contributed by atoms with Gasteiger partial charge in [-0.15, -0.1) is 0 Å². The van der Waals surface area contributed by atoms with Crippen LogP contribution in [-0.2, 0) is 14.3 Å². The van der Waals surface area contributed by atoms with E-state index in [-0.39, 0.29) is 29.3 Å². The molecule has 10 nitrogen and oxygen atoms in total. The second-order valence-electron chi connectivity index (χ2n) is 13.4. The van der Waals surface area contributed by atoms with Gasteiger partial charge in [-0.1, -0.05) is 12.8 Å². The predicted molar refractivity (Wildman–Crippen MR) is 161 cm³/mol. The standard InChI is InChI=1S/C32H48N4O6/c1-31(2,3)42-30(39)33-22(20-37)19-32(4,5)35-16-14-23(15-17-35)36-29(38)25-11-9-8-10-24(25)28(34-36)21-12-13-26(40-6)27(18-21)41-7/h12-13,18,20,22-25H,8-11,14-17,19H2,1-7H3,(H,33,39)/t22-,24+,25-/m1/s1. The molecule has 42 heavy (non-hydrogen) atoms. The largest absolute Gasteiger partial charge is 0.493 e. The van der Waals surface area contributed by atoms with Crippen molar-refractivity contribution in [1.29, 1.82) is 0 Å². The second kappa shape index (κ2) is 13.0. The first-order chi connectivity index (χ1) is 19.9. The molecule has 4 rings (SSSR count). The van der Waals surface area contributed by atoms with Crippen LogP contribution in [0.1, 0.15) is 85.1 Å². The molecule has 1 N–H and O–H groups in total. The Hall–Kier alpha value is -3.14. The number of nitrogens with one attached hydrogen (secondary N) is 1. The van der Waals surface area contributed by atoms with Crippen LogP contribution in [0, 0.1) is 11.8 Å². The third kappa shape index (κ3) is 7.25. The summed E-state index contributed by atoms with van der Waals surface area (Å²) in [6.07, 6.45) is 6.18. The summed E-state index contributed by atoms with van der Waals surface area (Å²) >= 11 is 0. The van der Waals surface area contributed by atoms with Gasteiger partial charge in [-0.25, -0.2) is 9.80 Å². The molecule has 3 aliphatic rings. The Kier molecular flexibility index (Phi) is 9.85. The molecule has 0 bridgehead atoms. The lowest BCUT2D eigenvalue weighted by Crippen LogP contribution is -2.56. The Morgan fingerprint density at radius 1 is 1.02 bits per heavy atom. The number of aldehydes is 1. The van der Waals surface area contributed by atoms with Crippen LogP contribution in [0.4, 0.5) is 4.79 Å². The number of carbonyl (C=O) groups excluding carboxylic acids is 3. The van der Waals surface area contributed by atoms with E-state index in [0.717, 1.165) is 69.2 Å². The molecule has 1 aliphatic carbocycles. The van der Waals surface area contributed by atoms with Crippen LogP contribution in [0.25, 0.3) is 0 Å². The smallest absolute Gasteiger partial charge is 0.408 e. The van der Waals surface area contributed by atoms with E-state index in [1.807, 2.05) is 18.2 Å². The van der Waals surface area contributed by atoms with Crippen molar-refractivity contribution in [3.8, 4) is 11.5 Å². The summed E-state index contributed by atoms with van der Waals surface area (Å²) in [6.45, 7) is 11.1. The lowest BCUT2D eigenvalue weighted by molar-refractivity contribution is -0.142. The zero-order valence-corrected chi connectivity index (χ0v) is 26.3. The maximum absolute atomic E-state index is 13.8. The Bertz CT molecular complexity index is 1170. The van der Waals surface area contributed by atoms with Crippen LogP contribution in [-0.4, -0.2) is 84.4 Å². The van der Waals surface area contributed by atoms with Crippen LogP contribution < -0.4 is 14.8 Å². The lowest BCUT2D eigenvalue weighted by Gasteiger charge is -2.47. The first-order valence-corrected chi connectivity index (χ1v) is 15.2. The summed E-state index contributed by atoms with van der Waals surface area (Å²) in [6, 6.07) is 5.23. The molecule has 3 atom stereocenters. The zero-order chi connectivity index (χ0) is 30.7. The molecule has 10 heteroatoms. The van der Waals surface area contributed by atoms with E-state index in [4.69, 9.17) is 19.3 Å². The molecule has 2 amide bonds. The van der Waals surface area contributed by atoms with Crippen molar-refractivity contribution < 1.29 is 28.6 Å². The van der Waals surface area contributed by atoms with Crippen molar-refractivity contribution in [2.45, 2.75) is 103 Å². The summed E-state index contributed by atoms with van der Waals surface area (Å²) in [5.41, 5.74) is 0.948. The third-order valence-electron chi connectivity index (χ3n) is 8.81. The Labute approximate surface area is 250 Å². The number of alkyl carbamates (subject to hydrolysis) is 1. The third-order valence-corrected chi connectivity index (χ3v) is 8.81. The van der Waals surface area contributed by atoms with E-state index < -0.39 is 17.7 Å². The number of rotatable bonds is 9. The van der Waals surface area contributed by atoms with E-state index in [1.54, 1.807) is 40.0 Å². The number of hydrazone groups is 1. The van der Waals surface area contributed by atoms with Gasteiger partial charge in [0.15, 0.2) is 11.5 Å². The topological polar surface area (TPSA) is 110 Å². The van der Waals surface area contributed by atoms with Gasteiger partial charge in [-0.3, -0.25) is 9.69 Å². The summed E-state index contributed by atoms with van der Waals surface area (Å²) in [5, 5.41) is 9.54. The average Bonchev–Trinajstić information content (AvgIpc) is 2.95. The molecule has 1 saturated heterocycles. The summed E-state index contributed by atoms with van der Waals surface area (Å²) in [5.74, 6) is 1.51. The van der Waals surface area contributed by atoms with E-state index in [9.17, 15) is 14.4 Å². The number of nitrogens with zero attached hydrogens (tertiary/aromatic N) is 3. The van der Waals surface area contributed by atoms with E-state index >= 15 is 0 Å². The minimum absolute atomic E-state index is 0.00401. The van der Waals surface area contributed by atoms with Gasteiger partial charge in [0.2, 0.25) is 5.91 Å². The molecule has 0 aromatic heterocycles. The fourth-order valence-corrected chi connectivity index (χ4v) is 6.67. The van der Waals surface area contributed by atoms with Crippen molar-refractivity contribution in [3.05, 3.63) is 23.8 Å². The molecule has 0 radical (unpaired) electrons. The van der Waals surface area contributed by atoms with Crippen molar-refractivity contribution in [2.24, 2.45) is 16.9 Å². The monoisotopic (exact) mass is 584 g/mol. The zero-order valence-electron chi connectivity index (χ0n) is 26.3. The average molecular weight is 585 g/mol. The molecule has 1 saturated carbocycles. The predicted octanol–water partition coefficient (Wildman–Crippen LogP) is 4.78. The molecule has 232 valence electrons. The number of hydrogen-bond acceptors (Lipinski definition) is 8. The maximum Gasteiger partial charge on any atom is 0.408 e. The fraction of sp³-hybridized carbons (Fsp3) is 0.688. The number of ether oxygens (including phenoxy) is 3. The first kappa shape index (κ1) is 31.8. The SMILES string of the molecule is COc1ccc(C2=NN(C3CCN(C(C)(C)C[C@H](C=O)NC(=O)OC(C)(C)C)CC3)C(=O)[C@@H]3CCCC[C@H]23)cc1OC. The first-order valence-electron chi connectivity index (χ1n) is 15.2. The lowest BCUT2D eigenvalue weighted by atomic mass is 9.73. The van der Waals surface area contributed by atoms with Gasteiger partial charge in [0.05, 0.1) is 32.0 Å². The maximum atomic E-state index is 13.8. The number of carbonyl (C=O) groups is 3. The van der Waals surface area contributed by atoms with E-state index in [0.29, 0.717) is 17.9 Å². The second-order valence-corrected chi connectivity index (χ2v) is 13.4. The van der Waals surface area contributed by atoms with Crippen LogP contribution in [0.5, 0.6) is 11.5 Å². The Morgan fingerprint density at radius 3 is 2.26 bits per heavy atom. The van der Waals surface area contributed by atoms with Crippen molar-refractivity contribution in [1.82, 2.24) is 15.2 Å². The van der Waals surface area contributed by atoms with E-state index in [2.05, 4.69) is 24.1 Å². The normalized spacial score (nSPS) is 23.0. The van der Waals surface area contributed by atoms with Gasteiger partial charge in [-0.2, -0.15) is 5.10 Å². The molecule has 2 heterocycles. The number of likely N-dealkylation sites (tertiary alicyclic amines) is 1. The number of hydrogen-bond donors (Lipinski definition) is 1. The van der Waals surface area contributed by atoms with Crippen LogP contribution >= 0.6 is 0 Å². The molecule has 1 aromatic rings. The minimum Gasteiger partial charge on any atom is -0.493 e. The highest BCUT2D eigenvalue weighted by Gasteiger charge is 2.44. The van der Waals surface area contributed by atoms with Gasteiger partial charge < -0.3 is 24.3 Å². The highest BCUT2D eigenvalue weighted by atomic mass is 16.6. The van der Waals surface area contributed by atoms with Crippen molar-refractivity contribution in [3.63, 3.8) is 0 Å². The molecule has 0 spiro atoms. The number of amides is 2. The highest BCUT2D eigenvalue weighted by molar-refractivity contribution is 6.07. The molecule has 2 fully saturated rings. The molecule has 1 aromatic carbocycles. The van der Waals surface area contributed by atoms with Crippen LogP contribution in [0.15, 0.2) is 23.3 Å². The van der Waals surface area contributed by atoms with Gasteiger partial charge >= 0.3 is 6.09 Å². The van der Waals surface area contributed by atoms with Crippen molar-refractivity contribution in [2.75, 3.05) is 27.3 Å². The quantitative estimate of drug-likeness (QED) is 0.416. The van der Waals surface area contributed by atoms with Gasteiger partial charge in [-0.05, 0) is 84.9 Å². The summed E-state index contributed by atoms with van der Waals surface area (Å²) in [4.78, 5) is 40.2. The minimum atomic E-state index is -0.659. The van der Waals surface area contributed by atoms with Crippen LogP contribution in [0.2, 0.25) is 0 Å². The Balaban J connectivity index is 1.47. The number of benzene rings is 1. The summed E-state index contributed by atoms with van der Waals surface area (Å²) < 4.78 is 16.4. The van der Waals surface area contributed by atoms with Gasteiger partial charge in [0, 0.05) is 36.0 Å². The molecular weight excluding hydrogens is 536 g/mol. The summed E-state index contributed by atoms with van der Waals surface area (Å²) in [7, 11) is 3.25.